The quantitative estimate of drug-likeness (QED) is 0.525. The van der Waals surface area contributed by atoms with Gasteiger partial charge in [-0.2, -0.15) is 0 Å². The van der Waals surface area contributed by atoms with Gasteiger partial charge in [-0.3, -0.25) is 9.59 Å². The molecular weight excluding hydrogens is 384 g/mol. The lowest BCUT2D eigenvalue weighted by Crippen LogP contribution is -2.37. The van der Waals surface area contributed by atoms with Crippen LogP contribution in [0.1, 0.15) is 33.5 Å². The SMILES string of the molecule is COC(=O)C(C)CN(Cc1ccccc1)C(=O)c1csc(Cc2ccccc2)n1. The summed E-state index contributed by atoms with van der Waals surface area (Å²) in [5, 5.41) is 2.68. The van der Waals surface area contributed by atoms with Crippen LogP contribution in [0.5, 0.6) is 0 Å². The molecule has 0 aliphatic heterocycles. The van der Waals surface area contributed by atoms with Crippen LogP contribution in [-0.4, -0.2) is 35.4 Å². The molecule has 0 radical (unpaired) electrons. The highest BCUT2D eigenvalue weighted by Gasteiger charge is 2.24. The van der Waals surface area contributed by atoms with Crippen LogP contribution in [-0.2, 0) is 22.5 Å². The minimum Gasteiger partial charge on any atom is -0.469 e. The fraction of sp³-hybridized carbons (Fsp3) is 0.261. The van der Waals surface area contributed by atoms with Crippen molar-refractivity contribution in [2.75, 3.05) is 13.7 Å². The number of carbonyl (C=O) groups excluding carboxylic acids is 2. The van der Waals surface area contributed by atoms with Gasteiger partial charge in [-0.05, 0) is 11.1 Å². The van der Waals surface area contributed by atoms with E-state index in [0.717, 1.165) is 16.1 Å². The summed E-state index contributed by atoms with van der Waals surface area (Å²) in [6, 6.07) is 19.8. The summed E-state index contributed by atoms with van der Waals surface area (Å²) in [6.45, 7) is 2.44. The lowest BCUT2D eigenvalue weighted by Gasteiger charge is -2.24. The molecule has 6 heteroatoms. The van der Waals surface area contributed by atoms with Gasteiger partial charge in [0.2, 0.25) is 0 Å². The number of amides is 1. The summed E-state index contributed by atoms with van der Waals surface area (Å²) in [4.78, 5) is 31.3. The van der Waals surface area contributed by atoms with Crippen LogP contribution < -0.4 is 0 Å². The second-order valence-electron chi connectivity index (χ2n) is 6.88. The fourth-order valence-electron chi connectivity index (χ4n) is 3.05. The molecule has 1 aromatic heterocycles. The van der Waals surface area contributed by atoms with Crippen LogP contribution in [0.15, 0.2) is 66.0 Å². The van der Waals surface area contributed by atoms with E-state index in [1.54, 1.807) is 17.2 Å². The molecule has 0 aliphatic rings. The van der Waals surface area contributed by atoms with Crippen molar-refractivity contribution >= 4 is 23.2 Å². The van der Waals surface area contributed by atoms with E-state index in [0.29, 0.717) is 18.7 Å². The van der Waals surface area contributed by atoms with E-state index in [2.05, 4.69) is 4.98 Å². The van der Waals surface area contributed by atoms with Crippen LogP contribution in [0.25, 0.3) is 0 Å². The number of thiazole rings is 1. The molecule has 0 N–H and O–H groups in total. The maximum atomic E-state index is 13.2. The van der Waals surface area contributed by atoms with Gasteiger partial charge in [-0.15, -0.1) is 11.3 Å². The Labute approximate surface area is 175 Å². The third-order valence-corrected chi connectivity index (χ3v) is 5.42. The maximum absolute atomic E-state index is 13.2. The van der Waals surface area contributed by atoms with Crippen molar-refractivity contribution in [2.45, 2.75) is 19.9 Å². The highest BCUT2D eigenvalue weighted by Crippen LogP contribution is 2.18. The van der Waals surface area contributed by atoms with E-state index in [-0.39, 0.29) is 18.4 Å². The number of hydrogen-bond acceptors (Lipinski definition) is 5. The third kappa shape index (κ3) is 5.74. The van der Waals surface area contributed by atoms with Gasteiger partial charge in [-0.1, -0.05) is 67.6 Å². The molecule has 29 heavy (non-hydrogen) atoms. The van der Waals surface area contributed by atoms with Crippen LogP contribution in [0, 0.1) is 5.92 Å². The molecule has 1 unspecified atom stereocenters. The Balaban J connectivity index is 1.77. The molecule has 5 nitrogen and oxygen atoms in total. The Morgan fingerprint density at radius 2 is 1.66 bits per heavy atom. The molecule has 1 amide bonds. The first kappa shape index (κ1) is 20.7. The number of esters is 1. The highest BCUT2D eigenvalue weighted by molar-refractivity contribution is 7.09. The molecule has 0 spiro atoms. The highest BCUT2D eigenvalue weighted by atomic mass is 32.1. The number of nitrogens with zero attached hydrogens (tertiary/aromatic N) is 2. The zero-order valence-electron chi connectivity index (χ0n) is 16.6. The number of hydrogen-bond donors (Lipinski definition) is 0. The molecule has 1 atom stereocenters. The van der Waals surface area contributed by atoms with Gasteiger partial charge in [0.1, 0.15) is 5.69 Å². The predicted molar refractivity (Wildman–Crippen MR) is 114 cm³/mol. The van der Waals surface area contributed by atoms with Gasteiger partial charge in [-0.25, -0.2) is 4.98 Å². The zero-order valence-corrected chi connectivity index (χ0v) is 17.4. The summed E-state index contributed by atoms with van der Waals surface area (Å²) >= 11 is 1.48. The molecule has 2 aromatic carbocycles. The topological polar surface area (TPSA) is 59.5 Å². The lowest BCUT2D eigenvalue weighted by atomic mass is 10.1. The third-order valence-electron chi connectivity index (χ3n) is 4.57. The second kappa shape index (κ2) is 9.98. The van der Waals surface area contributed by atoms with Crippen LogP contribution in [0.2, 0.25) is 0 Å². The first-order chi connectivity index (χ1) is 14.1. The van der Waals surface area contributed by atoms with Gasteiger partial charge in [0.15, 0.2) is 0 Å². The summed E-state index contributed by atoms with van der Waals surface area (Å²) in [7, 11) is 1.36. The molecule has 3 rings (SSSR count). The summed E-state index contributed by atoms with van der Waals surface area (Å²) in [6.07, 6.45) is 0.691. The number of aromatic nitrogens is 1. The van der Waals surface area contributed by atoms with Crippen molar-refractivity contribution in [3.63, 3.8) is 0 Å². The standard InChI is InChI=1S/C23H24N2O3S/c1-17(23(27)28-2)14-25(15-19-11-7-4-8-12-19)22(26)20-16-29-21(24-20)13-18-9-5-3-6-10-18/h3-12,16-17H,13-15H2,1-2H3. The van der Waals surface area contributed by atoms with E-state index in [9.17, 15) is 9.59 Å². The van der Waals surface area contributed by atoms with Crippen LogP contribution >= 0.6 is 11.3 Å². The molecule has 150 valence electrons. The number of rotatable bonds is 8. The largest absolute Gasteiger partial charge is 0.469 e. The Hall–Kier alpha value is -2.99. The summed E-state index contributed by atoms with van der Waals surface area (Å²) in [5.41, 5.74) is 2.56. The maximum Gasteiger partial charge on any atom is 0.310 e. The van der Waals surface area contributed by atoms with E-state index >= 15 is 0 Å². The Morgan fingerprint density at radius 3 is 2.28 bits per heavy atom. The molecule has 3 aromatic rings. The number of ether oxygens (including phenoxy) is 1. The Kier molecular flexibility index (Phi) is 7.14. The molecule has 0 bridgehead atoms. The second-order valence-corrected chi connectivity index (χ2v) is 7.83. The summed E-state index contributed by atoms with van der Waals surface area (Å²) in [5.74, 6) is -0.936. The van der Waals surface area contributed by atoms with Gasteiger partial charge in [0, 0.05) is 24.9 Å². The van der Waals surface area contributed by atoms with Gasteiger partial charge in [0.25, 0.3) is 5.91 Å². The van der Waals surface area contributed by atoms with Crippen LogP contribution in [0.3, 0.4) is 0 Å². The van der Waals surface area contributed by atoms with Crippen molar-refractivity contribution in [3.05, 3.63) is 87.9 Å². The zero-order chi connectivity index (χ0) is 20.6. The average molecular weight is 409 g/mol. The fourth-order valence-corrected chi connectivity index (χ4v) is 3.85. The Bertz CT molecular complexity index is 941. The van der Waals surface area contributed by atoms with Crippen molar-refractivity contribution < 1.29 is 14.3 Å². The first-order valence-electron chi connectivity index (χ1n) is 9.46. The van der Waals surface area contributed by atoms with E-state index in [1.165, 1.54) is 18.4 Å². The molecule has 0 saturated heterocycles. The van der Waals surface area contributed by atoms with E-state index in [4.69, 9.17) is 4.74 Å². The van der Waals surface area contributed by atoms with Crippen molar-refractivity contribution in [2.24, 2.45) is 5.92 Å². The Morgan fingerprint density at radius 1 is 1.03 bits per heavy atom. The monoisotopic (exact) mass is 408 g/mol. The van der Waals surface area contributed by atoms with Gasteiger partial charge in [0.05, 0.1) is 18.0 Å². The minimum absolute atomic E-state index is 0.180. The lowest BCUT2D eigenvalue weighted by molar-refractivity contribution is -0.145. The molecule has 1 heterocycles. The summed E-state index contributed by atoms with van der Waals surface area (Å²) < 4.78 is 4.83. The number of methoxy groups -OCH3 is 1. The molecular formula is C23H24N2O3S. The average Bonchev–Trinajstić information content (AvgIpc) is 3.22. The number of carbonyl (C=O) groups is 2. The van der Waals surface area contributed by atoms with E-state index in [1.807, 2.05) is 60.7 Å². The smallest absolute Gasteiger partial charge is 0.310 e. The molecule has 0 fully saturated rings. The molecule has 0 aliphatic carbocycles. The van der Waals surface area contributed by atoms with Crippen molar-refractivity contribution in [1.29, 1.82) is 0 Å². The van der Waals surface area contributed by atoms with Crippen molar-refractivity contribution in [3.8, 4) is 0 Å². The predicted octanol–water partition coefficient (Wildman–Crippen LogP) is 4.19. The number of benzene rings is 2. The van der Waals surface area contributed by atoms with E-state index < -0.39 is 5.92 Å². The minimum atomic E-state index is -0.421. The van der Waals surface area contributed by atoms with Gasteiger partial charge < -0.3 is 9.64 Å². The van der Waals surface area contributed by atoms with Gasteiger partial charge >= 0.3 is 5.97 Å². The molecule has 0 saturated carbocycles. The first-order valence-corrected chi connectivity index (χ1v) is 10.3. The van der Waals surface area contributed by atoms with Crippen LogP contribution in [0.4, 0.5) is 0 Å². The van der Waals surface area contributed by atoms with Crippen molar-refractivity contribution in [1.82, 2.24) is 9.88 Å². The normalized spacial score (nSPS) is 11.7.